The molecule has 1 atom stereocenters. The first-order valence-corrected chi connectivity index (χ1v) is 5.75. The Hall–Kier alpha value is -0.160. The summed E-state index contributed by atoms with van der Waals surface area (Å²) in [5, 5.41) is 9.79. The third kappa shape index (κ3) is 4.47. The summed E-state index contributed by atoms with van der Waals surface area (Å²) in [7, 11) is 2.11. The number of rotatable bonds is 5. The van der Waals surface area contributed by atoms with Gasteiger partial charge in [-0.3, -0.25) is 0 Å². The predicted molar refractivity (Wildman–Crippen MR) is 60.8 cm³/mol. The fourth-order valence-corrected chi connectivity index (χ4v) is 1.83. The second-order valence-electron chi connectivity index (χ2n) is 4.78. The van der Waals surface area contributed by atoms with E-state index in [-0.39, 0.29) is 0 Å². The maximum absolute atomic E-state index is 9.79. The van der Waals surface area contributed by atoms with Crippen molar-refractivity contribution >= 4 is 0 Å². The quantitative estimate of drug-likeness (QED) is 0.689. The van der Waals surface area contributed by atoms with Crippen LogP contribution < -0.4 is 5.73 Å². The van der Waals surface area contributed by atoms with Crippen molar-refractivity contribution in [3.8, 4) is 0 Å². The highest BCUT2D eigenvalue weighted by Crippen LogP contribution is 2.15. The Morgan fingerprint density at radius 2 is 2.07 bits per heavy atom. The minimum Gasteiger partial charge on any atom is -0.389 e. The van der Waals surface area contributed by atoms with Gasteiger partial charge in [0, 0.05) is 32.3 Å². The van der Waals surface area contributed by atoms with E-state index in [2.05, 4.69) is 11.9 Å². The fraction of sp³-hybridized carbons (Fsp3) is 1.00. The van der Waals surface area contributed by atoms with Crippen molar-refractivity contribution < 1.29 is 9.84 Å². The molecule has 0 bridgehead atoms. The first-order valence-electron chi connectivity index (χ1n) is 5.75. The molecule has 1 unspecified atom stereocenters. The van der Waals surface area contributed by atoms with Crippen molar-refractivity contribution in [2.75, 3.05) is 33.4 Å². The van der Waals surface area contributed by atoms with Gasteiger partial charge in [-0.15, -0.1) is 0 Å². The summed E-state index contributed by atoms with van der Waals surface area (Å²) in [6, 6.07) is 0.604. The Morgan fingerprint density at radius 1 is 1.47 bits per heavy atom. The number of hydrogen-bond donors (Lipinski definition) is 2. The number of aliphatic hydroxyl groups is 1. The van der Waals surface area contributed by atoms with E-state index in [0.717, 1.165) is 39.0 Å². The molecular formula is C11H24N2O2. The smallest absolute Gasteiger partial charge is 0.0753 e. The summed E-state index contributed by atoms with van der Waals surface area (Å²) in [5.74, 6) is 0. The van der Waals surface area contributed by atoms with Gasteiger partial charge in [-0.25, -0.2) is 0 Å². The number of hydrogen-bond acceptors (Lipinski definition) is 4. The van der Waals surface area contributed by atoms with Gasteiger partial charge in [0.1, 0.15) is 0 Å². The van der Waals surface area contributed by atoms with Gasteiger partial charge in [-0.05, 0) is 33.2 Å². The molecule has 0 aliphatic carbocycles. The molecule has 4 nitrogen and oxygen atoms in total. The van der Waals surface area contributed by atoms with E-state index in [9.17, 15) is 5.11 Å². The second-order valence-corrected chi connectivity index (χ2v) is 4.78. The summed E-state index contributed by atoms with van der Waals surface area (Å²) in [4.78, 5) is 2.31. The van der Waals surface area contributed by atoms with E-state index in [1.165, 1.54) is 0 Å². The predicted octanol–water partition coefficient (Wildman–Crippen LogP) is 0.197. The van der Waals surface area contributed by atoms with Crippen LogP contribution in [0.1, 0.15) is 26.2 Å². The van der Waals surface area contributed by atoms with E-state index >= 15 is 0 Å². The lowest BCUT2D eigenvalue weighted by Crippen LogP contribution is -2.42. The number of nitrogens with two attached hydrogens (primary N) is 1. The third-order valence-corrected chi connectivity index (χ3v) is 3.26. The van der Waals surface area contributed by atoms with Gasteiger partial charge in [0.05, 0.1) is 5.60 Å². The Balaban J connectivity index is 2.25. The monoisotopic (exact) mass is 216 g/mol. The van der Waals surface area contributed by atoms with Crippen LogP contribution in [0.3, 0.4) is 0 Å². The zero-order chi connectivity index (χ0) is 11.3. The van der Waals surface area contributed by atoms with Crippen molar-refractivity contribution in [2.45, 2.75) is 37.8 Å². The van der Waals surface area contributed by atoms with Gasteiger partial charge >= 0.3 is 0 Å². The molecule has 1 aliphatic heterocycles. The summed E-state index contributed by atoms with van der Waals surface area (Å²) in [5.41, 5.74) is 4.76. The Labute approximate surface area is 92.4 Å². The van der Waals surface area contributed by atoms with Crippen LogP contribution >= 0.6 is 0 Å². The first kappa shape index (κ1) is 12.9. The SMILES string of the molecule is CN(CCC(C)(O)CN)C1CCOCC1. The van der Waals surface area contributed by atoms with Crippen LogP contribution in [0.2, 0.25) is 0 Å². The molecule has 0 aromatic heterocycles. The van der Waals surface area contributed by atoms with Gasteiger partial charge in [-0.1, -0.05) is 0 Å². The van der Waals surface area contributed by atoms with Crippen LogP contribution in [0.15, 0.2) is 0 Å². The minimum absolute atomic E-state index is 0.328. The van der Waals surface area contributed by atoms with Gasteiger partial charge in [0.15, 0.2) is 0 Å². The van der Waals surface area contributed by atoms with Crippen LogP contribution in [0, 0.1) is 0 Å². The van der Waals surface area contributed by atoms with Gasteiger partial charge < -0.3 is 20.5 Å². The van der Waals surface area contributed by atoms with Crippen molar-refractivity contribution in [1.82, 2.24) is 4.90 Å². The van der Waals surface area contributed by atoms with E-state index in [1.54, 1.807) is 6.92 Å². The maximum atomic E-state index is 9.79. The van der Waals surface area contributed by atoms with Gasteiger partial charge in [-0.2, -0.15) is 0 Å². The molecule has 0 spiro atoms. The van der Waals surface area contributed by atoms with Crippen LogP contribution in [-0.4, -0.2) is 55.0 Å². The lowest BCUT2D eigenvalue weighted by molar-refractivity contribution is 0.0203. The molecule has 1 rings (SSSR count). The van der Waals surface area contributed by atoms with Crippen LogP contribution in [-0.2, 0) is 4.74 Å². The highest BCUT2D eigenvalue weighted by molar-refractivity contribution is 4.78. The van der Waals surface area contributed by atoms with Crippen LogP contribution in [0.5, 0.6) is 0 Å². The van der Waals surface area contributed by atoms with Gasteiger partial charge in [0.2, 0.25) is 0 Å². The molecule has 0 aromatic carbocycles. The molecule has 1 heterocycles. The zero-order valence-corrected chi connectivity index (χ0v) is 9.91. The molecular weight excluding hydrogens is 192 g/mol. The van der Waals surface area contributed by atoms with Crippen molar-refractivity contribution in [3.63, 3.8) is 0 Å². The minimum atomic E-state index is -0.723. The van der Waals surface area contributed by atoms with E-state index < -0.39 is 5.60 Å². The standard InChI is InChI=1S/C11H24N2O2/c1-11(14,9-12)5-6-13(2)10-3-7-15-8-4-10/h10,14H,3-9,12H2,1-2H3. The molecule has 0 aromatic rings. The lowest BCUT2D eigenvalue weighted by Gasteiger charge is -2.33. The number of nitrogens with zero attached hydrogens (tertiary/aromatic N) is 1. The molecule has 0 radical (unpaired) electrons. The summed E-state index contributed by atoms with van der Waals surface area (Å²) in [6.07, 6.45) is 2.93. The molecule has 4 heteroatoms. The number of ether oxygens (including phenoxy) is 1. The van der Waals surface area contributed by atoms with Crippen molar-refractivity contribution in [2.24, 2.45) is 5.73 Å². The Morgan fingerprint density at radius 3 is 2.60 bits per heavy atom. The average molecular weight is 216 g/mol. The fourth-order valence-electron chi connectivity index (χ4n) is 1.83. The summed E-state index contributed by atoms with van der Waals surface area (Å²) in [6.45, 7) is 4.75. The second kappa shape index (κ2) is 5.80. The average Bonchev–Trinajstić information content (AvgIpc) is 2.27. The lowest BCUT2D eigenvalue weighted by atomic mass is 10.0. The molecule has 3 N–H and O–H groups in total. The maximum Gasteiger partial charge on any atom is 0.0753 e. The molecule has 1 fully saturated rings. The van der Waals surface area contributed by atoms with E-state index in [1.807, 2.05) is 0 Å². The Bertz CT molecular complexity index is 179. The Kier molecular flexibility index (Phi) is 4.99. The molecule has 0 amide bonds. The van der Waals surface area contributed by atoms with Gasteiger partial charge in [0.25, 0.3) is 0 Å². The van der Waals surface area contributed by atoms with Crippen molar-refractivity contribution in [1.29, 1.82) is 0 Å². The first-order chi connectivity index (χ1) is 7.05. The third-order valence-electron chi connectivity index (χ3n) is 3.26. The topological polar surface area (TPSA) is 58.7 Å². The van der Waals surface area contributed by atoms with E-state index in [0.29, 0.717) is 12.6 Å². The summed E-state index contributed by atoms with van der Waals surface area (Å²) >= 11 is 0. The molecule has 15 heavy (non-hydrogen) atoms. The summed E-state index contributed by atoms with van der Waals surface area (Å²) < 4.78 is 5.32. The molecule has 1 saturated heterocycles. The van der Waals surface area contributed by atoms with Crippen LogP contribution in [0.25, 0.3) is 0 Å². The van der Waals surface area contributed by atoms with Crippen LogP contribution in [0.4, 0.5) is 0 Å². The highest BCUT2D eigenvalue weighted by atomic mass is 16.5. The highest BCUT2D eigenvalue weighted by Gasteiger charge is 2.22. The molecule has 90 valence electrons. The normalized spacial score (nSPS) is 23.0. The zero-order valence-electron chi connectivity index (χ0n) is 9.91. The largest absolute Gasteiger partial charge is 0.389 e. The van der Waals surface area contributed by atoms with E-state index in [4.69, 9.17) is 10.5 Å². The molecule has 1 aliphatic rings. The van der Waals surface area contributed by atoms with Crippen molar-refractivity contribution in [3.05, 3.63) is 0 Å². The molecule has 0 saturated carbocycles.